The smallest absolute Gasteiger partial charge is 0.255 e. The van der Waals surface area contributed by atoms with Gasteiger partial charge < -0.3 is 5.32 Å². The standard InChI is InChI=1S/C29H24N2O2S/c1-19-8-7-9-21(18-19)28(32)30-22-14-16-23(17-15-22)34-20(2)29(33)31-26-12-5-3-10-24(26)25-11-4-6-13-27(25)31/h3-18,20H,1-2H3,(H,30,32). The predicted octanol–water partition coefficient (Wildman–Crippen LogP) is 7.18. The van der Waals surface area contributed by atoms with E-state index >= 15 is 0 Å². The van der Waals surface area contributed by atoms with Gasteiger partial charge in [-0.2, -0.15) is 0 Å². The lowest BCUT2D eigenvalue weighted by Gasteiger charge is -2.14. The Hall–Kier alpha value is -3.83. The van der Waals surface area contributed by atoms with E-state index in [2.05, 4.69) is 17.4 Å². The molecule has 5 heteroatoms. The van der Waals surface area contributed by atoms with Crippen LogP contribution in [-0.4, -0.2) is 21.6 Å². The Bertz CT molecular complexity index is 1470. The topological polar surface area (TPSA) is 51.1 Å². The number of carbonyl (C=O) groups excluding carboxylic acids is 2. The molecular formula is C29H24N2O2S. The van der Waals surface area contributed by atoms with E-state index in [0.717, 1.165) is 38.0 Å². The molecule has 1 amide bonds. The van der Waals surface area contributed by atoms with Crippen LogP contribution in [0.4, 0.5) is 5.69 Å². The number of aryl methyl sites for hydroxylation is 1. The summed E-state index contributed by atoms with van der Waals surface area (Å²) in [6.07, 6.45) is 0. The van der Waals surface area contributed by atoms with Crippen molar-refractivity contribution in [3.05, 3.63) is 108 Å². The van der Waals surface area contributed by atoms with Crippen molar-refractivity contribution in [2.24, 2.45) is 0 Å². The maximum Gasteiger partial charge on any atom is 0.255 e. The molecule has 0 aliphatic heterocycles. The van der Waals surface area contributed by atoms with Crippen LogP contribution >= 0.6 is 11.8 Å². The second-order valence-corrected chi connectivity index (χ2v) is 9.73. The van der Waals surface area contributed by atoms with Gasteiger partial charge in [-0.25, -0.2) is 0 Å². The van der Waals surface area contributed by atoms with Crippen molar-refractivity contribution in [2.75, 3.05) is 5.32 Å². The number of hydrogen-bond donors (Lipinski definition) is 1. The van der Waals surface area contributed by atoms with Gasteiger partial charge in [0, 0.05) is 26.9 Å². The molecule has 0 bridgehead atoms. The lowest BCUT2D eigenvalue weighted by molar-refractivity contribution is 0.0924. The number of fused-ring (bicyclic) bond motifs is 3. The number of thioether (sulfide) groups is 1. The van der Waals surface area contributed by atoms with Crippen LogP contribution in [0.5, 0.6) is 0 Å². The van der Waals surface area contributed by atoms with Crippen molar-refractivity contribution in [3.63, 3.8) is 0 Å². The maximum atomic E-state index is 13.5. The first-order valence-corrected chi connectivity index (χ1v) is 12.1. The van der Waals surface area contributed by atoms with E-state index in [1.807, 2.05) is 97.3 Å². The van der Waals surface area contributed by atoms with E-state index in [9.17, 15) is 9.59 Å². The molecule has 1 aromatic heterocycles. The van der Waals surface area contributed by atoms with Gasteiger partial charge in [-0.05, 0) is 62.4 Å². The van der Waals surface area contributed by atoms with Gasteiger partial charge in [0.05, 0.1) is 16.3 Å². The van der Waals surface area contributed by atoms with Crippen LogP contribution in [0.15, 0.2) is 102 Å². The highest BCUT2D eigenvalue weighted by molar-refractivity contribution is 8.00. The van der Waals surface area contributed by atoms with E-state index in [-0.39, 0.29) is 17.1 Å². The number of rotatable bonds is 5. The molecule has 0 saturated heterocycles. The fourth-order valence-electron chi connectivity index (χ4n) is 4.20. The number of aromatic nitrogens is 1. The van der Waals surface area contributed by atoms with E-state index < -0.39 is 0 Å². The van der Waals surface area contributed by atoms with Gasteiger partial charge in [-0.1, -0.05) is 54.1 Å². The zero-order chi connectivity index (χ0) is 23.7. The second-order valence-electron chi connectivity index (χ2n) is 8.32. The summed E-state index contributed by atoms with van der Waals surface area (Å²) < 4.78 is 1.83. The molecule has 4 aromatic carbocycles. The van der Waals surface area contributed by atoms with Crippen LogP contribution in [0.25, 0.3) is 21.8 Å². The molecule has 0 saturated carbocycles. The highest BCUT2D eigenvalue weighted by Gasteiger charge is 2.21. The minimum atomic E-state index is -0.285. The van der Waals surface area contributed by atoms with Crippen molar-refractivity contribution in [1.82, 2.24) is 4.57 Å². The van der Waals surface area contributed by atoms with Crippen LogP contribution in [-0.2, 0) is 0 Å². The SMILES string of the molecule is Cc1cccc(C(=O)Nc2ccc(SC(C)C(=O)n3c4ccccc4c4ccccc43)cc2)c1. The zero-order valence-corrected chi connectivity index (χ0v) is 19.8. The third-order valence-electron chi connectivity index (χ3n) is 5.85. The number of nitrogens with one attached hydrogen (secondary N) is 1. The zero-order valence-electron chi connectivity index (χ0n) is 19.0. The van der Waals surface area contributed by atoms with Gasteiger partial charge in [-0.15, -0.1) is 11.8 Å². The summed E-state index contributed by atoms with van der Waals surface area (Å²) in [5.74, 6) is -0.0989. The van der Waals surface area contributed by atoms with Gasteiger partial charge >= 0.3 is 0 Å². The fourth-order valence-corrected chi connectivity index (χ4v) is 5.11. The minimum Gasteiger partial charge on any atom is -0.322 e. The number of nitrogens with zero attached hydrogens (tertiary/aromatic N) is 1. The molecule has 5 rings (SSSR count). The van der Waals surface area contributed by atoms with Gasteiger partial charge in [0.2, 0.25) is 5.91 Å². The molecule has 0 aliphatic carbocycles. The van der Waals surface area contributed by atoms with Crippen LogP contribution in [0.1, 0.15) is 27.6 Å². The average molecular weight is 465 g/mol. The van der Waals surface area contributed by atoms with E-state index in [4.69, 9.17) is 0 Å². The van der Waals surface area contributed by atoms with Gasteiger partial charge in [0.25, 0.3) is 5.91 Å². The van der Waals surface area contributed by atoms with Crippen molar-refractivity contribution < 1.29 is 9.59 Å². The number of amides is 1. The number of anilines is 1. The lowest BCUT2D eigenvalue weighted by Crippen LogP contribution is -2.21. The lowest BCUT2D eigenvalue weighted by atomic mass is 10.1. The quantitative estimate of drug-likeness (QED) is 0.280. The molecule has 1 N–H and O–H groups in total. The summed E-state index contributed by atoms with van der Waals surface area (Å²) in [6.45, 7) is 3.90. The number of carbonyl (C=O) groups is 2. The Labute approximate surface area is 202 Å². The summed E-state index contributed by atoms with van der Waals surface area (Å²) in [5.41, 5.74) is 4.24. The van der Waals surface area contributed by atoms with Crippen molar-refractivity contribution >= 4 is 51.1 Å². The van der Waals surface area contributed by atoms with E-state index in [0.29, 0.717) is 5.56 Å². The third kappa shape index (κ3) is 4.22. The second kappa shape index (κ2) is 9.20. The molecule has 168 valence electrons. The summed E-state index contributed by atoms with van der Waals surface area (Å²) >= 11 is 1.51. The molecular weight excluding hydrogens is 440 g/mol. The molecule has 0 radical (unpaired) electrons. The molecule has 0 spiro atoms. The first-order chi connectivity index (χ1) is 16.5. The Balaban J connectivity index is 1.33. The Kier molecular flexibility index (Phi) is 5.95. The molecule has 0 aliphatic rings. The van der Waals surface area contributed by atoms with E-state index in [1.165, 1.54) is 11.8 Å². The fraction of sp³-hybridized carbons (Fsp3) is 0.103. The summed E-state index contributed by atoms with van der Waals surface area (Å²) in [7, 11) is 0. The average Bonchev–Trinajstić information content (AvgIpc) is 3.19. The van der Waals surface area contributed by atoms with Gasteiger partial charge in [-0.3, -0.25) is 14.2 Å². The number of para-hydroxylation sites is 2. The summed E-state index contributed by atoms with van der Waals surface area (Å²) in [6, 6.07) is 31.2. The monoisotopic (exact) mass is 464 g/mol. The predicted molar refractivity (Wildman–Crippen MR) is 141 cm³/mol. The molecule has 0 fully saturated rings. The number of hydrogen-bond acceptors (Lipinski definition) is 3. The molecule has 5 aromatic rings. The van der Waals surface area contributed by atoms with Gasteiger partial charge in [0.15, 0.2) is 0 Å². The largest absolute Gasteiger partial charge is 0.322 e. The maximum absolute atomic E-state index is 13.5. The highest BCUT2D eigenvalue weighted by atomic mass is 32.2. The first kappa shape index (κ1) is 22.0. The molecule has 1 unspecified atom stereocenters. The van der Waals surface area contributed by atoms with Gasteiger partial charge in [0.1, 0.15) is 0 Å². The first-order valence-electron chi connectivity index (χ1n) is 11.2. The van der Waals surface area contributed by atoms with Crippen LogP contribution in [0, 0.1) is 6.92 Å². The normalized spacial score (nSPS) is 12.1. The van der Waals surface area contributed by atoms with Crippen LogP contribution in [0.2, 0.25) is 0 Å². The van der Waals surface area contributed by atoms with Crippen LogP contribution < -0.4 is 5.32 Å². The third-order valence-corrected chi connectivity index (χ3v) is 6.95. The Morgan fingerprint density at radius 3 is 2.03 bits per heavy atom. The number of benzene rings is 4. The summed E-state index contributed by atoms with van der Waals surface area (Å²) in [4.78, 5) is 27.0. The summed E-state index contributed by atoms with van der Waals surface area (Å²) in [5, 5.41) is 4.81. The molecule has 1 heterocycles. The Morgan fingerprint density at radius 1 is 0.794 bits per heavy atom. The molecule has 1 atom stereocenters. The molecule has 34 heavy (non-hydrogen) atoms. The van der Waals surface area contributed by atoms with E-state index in [1.54, 1.807) is 6.07 Å². The molecule has 4 nitrogen and oxygen atoms in total. The Morgan fingerprint density at radius 2 is 1.41 bits per heavy atom. The van der Waals surface area contributed by atoms with Crippen molar-refractivity contribution in [2.45, 2.75) is 24.0 Å². The highest BCUT2D eigenvalue weighted by Crippen LogP contribution is 2.32. The minimum absolute atomic E-state index is 0.0410. The van der Waals surface area contributed by atoms with Crippen molar-refractivity contribution in [1.29, 1.82) is 0 Å². The van der Waals surface area contributed by atoms with Crippen LogP contribution in [0.3, 0.4) is 0 Å². The van der Waals surface area contributed by atoms with Crippen molar-refractivity contribution in [3.8, 4) is 0 Å².